The Morgan fingerprint density at radius 1 is 1.08 bits per heavy atom. The molecule has 0 bridgehead atoms. The fourth-order valence-electron chi connectivity index (χ4n) is 2.13. The maximum absolute atomic E-state index is 12.2. The molecule has 1 heterocycles. The molecule has 3 N–H and O–H groups in total. The molecular formula is C18H21N3O3S. The van der Waals surface area contributed by atoms with Crippen LogP contribution in [-0.2, 0) is 4.79 Å². The van der Waals surface area contributed by atoms with Gasteiger partial charge in [-0.1, -0.05) is 12.1 Å². The molecule has 0 radical (unpaired) electrons. The Bertz CT molecular complexity index is 742. The minimum Gasteiger partial charge on any atom is -0.351 e. The van der Waals surface area contributed by atoms with Gasteiger partial charge in [0.1, 0.15) is 0 Å². The lowest BCUT2D eigenvalue weighted by atomic mass is 10.1. The van der Waals surface area contributed by atoms with Crippen molar-refractivity contribution in [1.29, 1.82) is 0 Å². The van der Waals surface area contributed by atoms with Crippen LogP contribution in [0.3, 0.4) is 0 Å². The molecule has 0 atom stereocenters. The first-order chi connectivity index (χ1) is 12.0. The lowest BCUT2D eigenvalue weighted by molar-refractivity contribution is -0.116. The predicted octanol–water partition coefficient (Wildman–Crippen LogP) is 2.64. The molecule has 2 aromatic rings. The van der Waals surface area contributed by atoms with E-state index >= 15 is 0 Å². The smallest absolute Gasteiger partial charge is 0.253 e. The average Bonchev–Trinajstić information content (AvgIpc) is 3.09. The number of nitrogens with one attached hydrogen (secondary N) is 3. The van der Waals surface area contributed by atoms with Crippen LogP contribution in [0, 0.1) is 0 Å². The number of rotatable bonds is 7. The zero-order chi connectivity index (χ0) is 18.2. The Morgan fingerprint density at radius 3 is 2.52 bits per heavy atom. The molecule has 0 aliphatic heterocycles. The fourth-order valence-corrected chi connectivity index (χ4v) is 2.76. The van der Waals surface area contributed by atoms with Crippen LogP contribution in [0.5, 0.6) is 0 Å². The van der Waals surface area contributed by atoms with E-state index in [1.807, 2.05) is 19.2 Å². The van der Waals surface area contributed by atoms with Crippen LogP contribution in [0.4, 0.5) is 5.69 Å². The second-order valence-electron chi connectivity index (χ2n) is 5.74. The zero-order valence-electron chi connectivity index (χ0n) is 14.2. The van der Waals surface area contributed by atoms with Gasteiger partial charge in [0, 0.05) is 30.0 Å². The summed E-state index contributed by atoms with van der Waals surface area (Å²) in [5, 5.41) is 11.8. The highest BCUT2D eigenvalue weighted by atomic mass is 32.1. The first-order valence-electron chi connectivity index (χ1n) is 7.97. The third-order valence-electron chi connectivity index (χ3n) is 3.29. The van der Waals surface area contributed by atoms with E-state index < -0.39 is 0 Å². The average molecular weight is 359 g/mol. The molecule has 2 rings (SSSR count). The number of amides is 3. The maximum Gasteiger partial charge on any atom is 0.253 e. The summed E-state index contributed by atoms with van der Waals surface area (Å²) >= 11 is 1.44. The van der Waals surface area contributed by atoms with Gasteiger partial charge in [-0.15, -0.1) is 0 Å². The molecule has 0 saturated carbocycles. The van der Waals surface area contributed by atoms with Crippen LogP contribution in [0.2, 0.25) is 0 Å². The Hall–Kier alpha value is -2.67. The quantitative estimate of drug-likeness (QED) is 0.710. The summed E-state index contributed by atoms with van der Waals surface area (Å²) in [7, 11) is 0. The van der Waals surface area contributed by atoms with E-state index in [0.717, 1.165) is 0 Å². The zero-order valence-corrected chi connectivity index (χ0v) is 15.0. The number of benzene rings is 1. The normalized spacial score (nSPS) is 10.4. The molecule has 6 nitrogen and oxygen atoms in total. The van der Waals surface area contributed by atoms with E-state index in [1.54, 1.807) is 35.7 Å². The molecule has 7 heteroatoms. The lowest BCUT2D eigenvalue weighted by Crippen LogP contribution is -2.31. The molecule has 0 aliphatic carbocycles. The lowest BCUT2D eigenvalue weighted by Gasteiger charge is -2.13. The Morgan fingerprint density at radius 2 is 1.84 bits per heavy atom. The van der Waals surface area contributed by atoms with Crippen LogP contribution in [0.15, 0.2) is 41.1 Å². The number of hydrogen-bond acceptors (Lipinski definition) is 4. The van der Waals surface area contributed by atoms with Crippen molar-refractivity contribution in [3.8, 4) is 0 Å². The van der Waals surface area contributed by atoms with Crippen LogP contribution < -0.4 is 16.0 Å². The summed E-state index contributed by atoms with van der Waals surface area (Å²) in [6, 6.07) is 8.56. The fraction of sp³-hybridized carbons (Fsp3) is 0.278. The van der Waals surface area contributed by atoms with Gasteiger partial charge in [0.2, 0.25) is 5.91 Å². The summed E-state index contributed by atoms with van der Waals surface area (Å²) in [5.74, 6) is -0.710. The number of anilines is 1. The molecule has 0 fully saturated rings. The van der Waals surface area contributed by atoms with Crippen LogP contribution >= 0.6 is 11.3 Å². The maximum atomic E-state index is 12.2. The summed E-state index contributed by atoms with van der Waals surface area (Å²) in [6.45, 7) is 3.96. The molecule has 1 aromatic heterocycles. The molecule has 132 valence electrons. The minimum atomic E-state index is -0.268. The highest BCUT2D eigenvalue weighted by molar-refractivity contribution is 7.08. The van der Waals surface area contributed by atoms with Gasteiger partial charge < -0.3 is 16.0 Å². The standard InChI is InChI=1S/C18H21N3O3S/c1-12(2)20-18(24)14-5-3-4-6-15(14)21-16(22)7-9-19-17(23)13-8-10-25-11-13/h3-6,8,10-12H,7,9H2,1-2H3,(H,19,23)(H,20,24)(H,21,22). The first-order valence-corrected chi connectivity index (χ1v) is 8.92. The molecule has 0 spiro atoms. The summed E-state index contributed by atoms with van der Waals surface area (Å²) in [6.07, 6.45) is 0.121. The highest BCUT2D eigenvalue weighted by Crippen LogP contribution is 2.15. The molecule has 1 aromatic carbocycles. The minimum absolute atomic E-state index is 0.00331. The van der Waals surface area contributed by atoms with E-state index in [4.69, 9.17) is 0 Å². The van der Waals surface area contributed by atoms with Crippen LogP contribution in [0.25, 0.3) is 0 Å². The van der Waals surface area contributed by atoms with Crippen LogP contribution in [-0.4, -0.2) is 30.3 Å². The van der Waals surface area contributed by atoms with Gasteiger partial charge in [-0.05, 0) is 37.4 Å². The Kier molecular flexibility index (Phi) is 6.71. The van der Waals surface area contributed by atoms with E-state index in [0.29, 0.717) is 16.8 Å². The van der Waals surface area contributed by atoms with Gasteiger partial charge in [0.05, 0.1) is 11.3 Å². The van der Waals surface area contributed by atoms with Crippen molar-refractivity contribution >= 4 is 34.7 Å². The van der Waals surface area contributed by atoms with Gasteiger partial charge in [-0.3, -0.25) is 14.4 Å². The number of para-hydroxylation sites is 1. The van der Waals surface area contributed by atoms with E-state index in [2.05, 4.69) is 16.0 Å². The predicted molar refractivity (Wildman–Crippen MR) is 98.9 cm³/mol. The monoisotopic (exact) mass is 359 g/mol. The van der Waals surface area contributed by atoms with Crippen molar-refractivity contribution < 1.29 is 14.4 Å². The molecule has 25 heavy (non-hydrogen) atoms. The third-order valence-corrected chi connectivity index (χ3v) is 3.97. The van der Waals surface area contributed by atoms with E-state index in [1.165, 1.54) is 11.3 Å². The number of carbonyl (C=O) groups excluding carboxylic acids is 3. The number of hydrogen-bond donors (Lipinski definition) is 3. The molecule has 0 saturated heterocycles. The van der Waals surface area contributed by atoms with Crippen LogP contribution in [0.1, 0.15) is 41.0 Å². The van der Waals surface area contributed by atoms with Gasteiger partial charge >= 0.3 is 0 Å². The molecular weight excluding hydrogens is 338 g/mol. The highest BCUT2D eigenvalue weighted by Gasteiger charge is 2.14. The largest absolute Gasteiger partial charge is 0.351 e. The first kappa shape index (κ1) is 18.7. The second-order valence-corrected chi connectivity index (χ2v) is 6.52. The molecule has 0 unspecified atom stereocenters. The Balaban J connectivity index is 1.88. The van der Waals surface area contributed by atoms with Gasteiger partial charge in [0.25, 0.3) is 11.8 Å². The molecule has 0 aliphatic rings. The van der Waals surface area contributed by atoms with Crippen molar-refractivity contribution in [2.75, 3.05) is 11.9 Å². The number of thiophene rings is 1. The number of carbonyl (C=O) groups is 3. The van der Waals surface area contributed by atoms with Gasteiger partial charge in [-0.25, -0.2) is 0 Å². The SMILES string of the molecule is CC(C)NC(=O)c1ccccc1NC(=O)CCNC(=O)c1ccsc1. The van der Waals surface area contributed by atoms with Crippen molar-refractivity contribution in [3.05, 3.63) is 52.2 Å². The van der Waals surface area contributed by atoms with E-state index in [9.17, 15) is 14.4 Å². The van der Waals surface area contributed by atoms with Gasteiger partial charge in [-0.2, -0.15) is 11.3 Å². The summed E-state index contributed by atoms with van der Waals surface area (Å²) in [4.78, 5) is 36.1. The van der Waals surface area contributed by atoms with Crippen molar-refractivity contribution in [3.63, 3.8) is 0 Å². The summed E-state index contributed by atoms with van der Waals surface area (Å²) in [5.41, 5.74) is 1.45. The van der Waals surface area contributed by atoms with Crippen molar-refractivity contribution in [2.24, 2.45) is 0 Å². The molecule has 3 amide bonds. The second kappa shape index (κ2) is 8.98. The van der Waals surface area contributed by atoms with Gasteiger partial charge in [0.15, 0.2) is 0 Å². The van der Waals surface area contributed by atoms with E-state index in [-0.39, 0.29) is 36.7 Å². The van der Waals surface area contributed by atoms with Crippen molar-refractivity contribution in [2.45, 2.75) is 26.3 Å². The van der Waals surface area contributed by atoms with Crippen molar-refractivity contribution in [1.82, 2.24) is 10.6 Å². The Labute approximate surface area is 150 Å². The summed E-state index contributed by atoms with van der Waals surface area (Å²) < 4.78 is 0. The third kappa shape index (κ3) is 5.72. The topological polar surface area (TPSA) is 87.3 Å².